The molecule has 0 bridgehead atoms. The maximum Gasteiger partial charge on any atom is 0.285 e. The van der Waals surface area contributed by atoms with Gasteiger partial charge < -0.3 is 9.88 Å². The Hall–Kier alpha value is -4.59. The minimum absolute atomic E-state index is 0.0183. The number of alkyl halides is 1. The molecule has 168 valence electrons. The molecule has 5 aromatic rings. The average Bonchev–Trinajstić information content (AvgIpc) is 3.55. The van der Waals surface area contributed by atoms with Crippen LogP contribution in [0.4, 0.5) is 14.6 Å². The van der Waals surface area contributed by atoms with Crippen molar-refractivity contribution in [2.45, 2.75) is 18.6 Å². The summed E-state index contributed by atoms with van der Waals surface area (Å²) in [6.07, 6.45) is 3.01. The number of hydrogen-bond donors (Lipinski definition) is 1. The second-order valence-electron chi connectivity index (χ2n) is 8.03. The number of nitrogens with one attached hydrogen (secondary N) is 1. The molecule has 11 heteroatoms. The van der Waals surface area contributed by atoms with Gasteiger partial charge in [0.05, 0.1) is 29.2 Å². The third kappa shape index (κ3) is 2.88. The molecule has 2 atom stereocenters. The van der Waals surface area contributed by atoms with E-state index < -0.39 is 23.6 Å². The highest BCUT2D eigenvalue weighted by Gasteiger charge is 2.39. The van der Waals surface area contributed by atoms with Crippen molar-refractivity contribution in [3.63, 3.8) is 0 Å². The van der Waals surface area contributed by atoms with E-state index in [0.717, 1.165) is 0 Å². The molecule has 1 aliphatic heterocycles. The summed E-state index contributed by atoms with van der Waals surface area (Å²) in [6.45, 7) is -0.0183. The van der Waals surface area contributed by atoms with E-state index in [1.165, 1.54) is 33.9 Å². The molecule has 34 heavy (non-hydrogen) atoms. The number of aromatic nitrogens is 6. The van der Waals surface area contributed by atoms with Gasteiger partial charge in [0, 0.05) is 18.8 Å². The zero-order valence-electron chi connectivity index (χ0n) is 17.6. The quantitative estimate of drug-likeness (QED) is 0.445. The van der Waals surface area contributed by atoms with Crippen LogP contribution in [0.2, 0.25) is 0 Å². The first kappa shape index (κ1) is 20.0. The number of hydrogen-bond acceptors (Lipinski definition) is 6. The first-order valence-corrected chi connectivity index (χ1v) is 10.5. The van der Waals surface area contributed by atoms with Crippen molar-refractivity contribution in [2.24, 2.45) is 0 Å². The molecule has 0 radical (unpaired) electrons. The number of rotatable bonds is 3. The first-order chi connectivity index (χ1) is 16.6. The molecule has 0 spiro atoms. The molecule has 0 aliphatic carbocycles. The fraction of sp³-hybridized carbons (Fsp3) is 0.174. The van der Waals surface area contributed by atoms with Gasteiger partial charge in [0.2, 0.25) is 0 Å². The van der Waals surface area contributed by atoms with E-state index >= 15 is 0 Å². The van der Waals surface area contributed by atoms with Crippen LogP contribution in [0.5, 0.6) is 0 Å². The largest absolute Gasteiger partial charge is 0.345 e. The summed E-state index contributed by atoms with van der Waals surface area (Å²) in [4.78, 5) is 26.6. The SMILES string of the molecule is N#Cc1c[nH]c2ncnc(N3CC(F)CC3c3nn4ccc(F)c4c(=O)n3-c3ccccc3)c12. The van der Waals surface area contributed by atoms with Crippen molar-refractivity contribution in [1.82, 2.24) is 29.1 Å². The molecule has 0 saturated carbocycles. The molecule has 0 amide bonds. The van der Waals surface area contributed by atoms with Crippen molar-refractivity contribution >= 4 is 22.4 Å². The van der Waals surface area contributed by atoms with Gasteiger partial charge in [0.25, 0.3) is 5.56 Å². The predicted octanol–water partition coefficient (Wildman–Crippen LogP) is 3.06. The molecule has 1 fully saturated rings. The Morgan fingerprint density at radius 3 is 2.79 bits per heavy atom. The zero-order chi connectivity index (χ0) is 23.4. The molecule has 9 nitrogen and oxygen atoms in total. The summed E-state index contributed by atoms with van der Waals surface area (Å²) >= 11 is 0. The topological polar surface area (TPSA) is 108 Å². The number of aromatic amines is 1. The number of nitriles is 1. The van der Waals surface area contributed by atoms with E-state index in [1.54, 1.807) is 35.2 Å². The van der Waals surface area contributed by atoms with Gasteiger partial charge >= 0.3 is 0 Å². The first-order valence-electron chi connectivity index (χ1n) is 10.5. The normalized spacial score (nSPS) is 18.1. The number of nitrogens with zero attached hydrogens (tertiary/aromatic N) is 7. The molecule has 1 saturated heterocycles. The van der Waals surface area contributed by atoms with E-state index in [9.17, 15) is 18.8 Å². The Morgan fingerprint density at radius 1 is 1.18 bits per heavy atom. The van der Waals surface area contributed by atoms with Gasteiger partial charge in [-0.05, 0) is 18.2 Å². The van der Waals surface area contributed by atoms with E-state index in [0.29, 0.717) is 28.1 Å². The minimum Gasteiger partial charge on any atom is -0.345 e. The number of fused-ring (bicyclic) bond motifs is 2. The van der Waals surface area contributed by atoms with Crippen molar-refractivity contribution in [3.05, 3.63) is 82.7 Å². The highest BCUT2D eigenvalue weighted by atomic mass is 19.1. The monoisotopic (exact) mass is 458 g/mol. The van der Waals surface area contributed by atoms with E-state index in [2.05, 4.69) is 26.1 Å². The number of benzene rings is 1. The van der Waals surface area contributed by atoms with Gasteiger partial charge in [-0.3, -0.25) is 9.36 Å². The number of H-pyrrole nitrogens is 1. The van der Waals surface area contributed by atoms with Crippen LogP contribution < -0.4 is 10.5 Å². The molecule has 6 rings (SSSR count). The summed E-state index contributed by atoms with van der Waals surface area (Å²) in [5, 5.41) is 14.6. The van der Waals surface area contributed by atoms with Crippen molar-refractivity contribution in [3.8, 4) is 11.8 Å². The molecular formula is C23H16F2N8O. The van der Waals surface area contributed by atoms with Gasteiger partial charge in [-0.2, -0.15) is 10.4 Å². The van der Waals surface area contributed by atoms with Crippen molar-refractivity contribution in [2.75, 3.05) is 11.4 Å². The number of para-hydroxylation sites is 1. The van der Waals surface area contributed by atoms with Gasteiger partial charge in [0.15, 0.2) is 17.2 Å². The van der Waals surface area contributed by atoms with Crippen LogP contribution in [0.1, 0.15) is 23.9 Å². The van der Waals surface area contributed by atoms with Crippen LogP contribution in [0, 0.1) is 17.1 Å². The van der Waals surface area contributed by atoms with Crippen LogP contribution in [0.15, 0.2) is 59.9 Å². The van der Waals surface area contributed by atoms with E-state index in [1.807, 2.05) is 0 Å². The highest BCUT2D eigenvalue weighted by Crippen LogP contribution is 2.39. The summed E-state index contributed by atoms with van der Waals surface area (Å²) in [5.74, 6) is -0.0929. The predicted molar refractivity (Wildman–Crippen MR) is 119 cm³/mol. The summed E-state index contributed by atoms with van der Waals surface area (Å²) < 4.78 is 31.9. The van der Waals surface area contributed by atoms with E-state index in [4.69, 9.17) is 0 Å². The molecule has 1 N–H and O–H groups in total. The van der Waals surface area contributed by atoms with Crippen LogP contribution in [0.25, 0.3) is 22.2 Å². The molecule has 1 aromatic carbocycles. The van der Waals surface area contributed by atoms with Gasteiger partial charge in [-0.15, -0.1) is 0 Å². The lowest BCUT2D eigenvalue weighted by Crippen LogP contribution is -2.33. The second-order valence-corrected chi connectivity index (χ2v) is 8.03. The fourth-order valence-corrected chi connectivity index (χ4v) is 4.61. The fourth-order valence-electron chi connectivity index (χ4n) is 4.61. The molecular weight excluding hydrogens is 442 g/mol. The maximum atomic E-state index is 14.9. The number of halogens is 2. The highest BCUT2D eigenvalue weighted by molar-refractivity contribution is 5.93. The molecule has 2 unspecified atom stereocenters. The standard InChI is InChI=1S/C23H16F2N8O/c24-14-8-17(31(11-14)22-18-13(9-26)10-27-20(18)28-12-29-22)21-30-32-7-6-16(25)19(32)23(34)33(21)15-4-2-1-3-5-15/h1-7,10,12,14,17H,8,11H2,(H,27,28,29). The average molecular weight is 458 g/mol. The summed E-state index contributed by atoms with van der Waals surface area (Å²) in [5.41, 5.74) is 0.443. The Kier molecular flexibility index (Phi) is 4.41. The van der Waals surface area contributed by atoms with Gasteiger partial charge in [-0.1, -0.05) is 18.2 Å². The maximum absolute atomic E-state index is 14.9. The summed E-state index contributed by atoms with van der Waals surface area (Å²) in [7, 11) is 0. The lowest BCUT2D eigenvalue weighted by Gasteiger charge is -2.27. The smallest absolute Gasteiger partial charge is 0.285 e. The summed E-state index contributed by atoms with van der Waals surface area (Å²) in [6, 6.07) is 11.3. The lowest BCUT2D eigenvalue weighted by atomic mass is 10.1. The second kappa shape index (κ2) is 7.48. The van der Waals surface area contributed by atoms with Gasteiger partial charge in [-0.25, -0.2) is 23.3 Å². The molecule has 5 heterocycles. The van der Waals surface area contributed by atoms with Crippen LogP contribution in [-0.4, -0.2) is 41.8 Å². The van der Waals surface area contributed by atoms with Crippen LogP contribution in [-0.2, 0) is 0 Å². The third-order valence-electron chi connectivity index (χ3n) is 6.07. The van der Waals surface area contributed by atoms with Gasteiger partial charge in [0.1, 0.15) is 30.0 Å². The van der Waals surface area contributed by atoms with E-state index in [-0.39, 0.29) is 24.3 Å². The Labute approximate surface area is 190 Å². The Balaban J connectivity index is 1.62. The van der Waals surface area contributed by atoms with Crippen molar-refractivity contribution < 1.29 is 8.78 Å². The van der Waals surface area contributed by atoms with Crippen LogP contribution in [0.3, 0.4) is 0 Å². The van der Waals surface area contributed by atoms with Crippen molar-refractivity contribution in [1.29, 1.82) is 5.26 Å². The van der Waals surface area contributed by atoms with Crippen LogP contribution >= 0.6 is 0 Å². The number of anilines is 1. The Bertz CT molecular complexity index is 1650. The Morgan fingerprint density at radius 2 is 2.00 bits per heavy atom. The third-order valence-corrected chi connectivity index (χ3v) is 6.07. The zero-order valence-corrected chi connectivity index (χ0v) is 17.6. The molecule has 4 aromatic heterocycles. The minimum atomic E-state index is -1.24. The lowest BCUT2D eigenvalue weighted by molar-refractivity contribution is 0.354. The molecule has 1 aliphatic rings.